The Hall–Kier alpha value is -1.74. The van der Waals surface area contributed by atoms with Gasteiger partial charge in [0.2, 0.25) is 0 Å². The van der Waals surface area contributed by atoms with Gasteiger partial charge in [0.15, 0.2) is 0 Å². The van der Waals surface area contributed by atoms with Crippen LogP contribution < -0.4 is 4.74 Å². The Morgan fingerprint density at radius 2 is 1.67 bits per heavy atom. The monoisotopic (exact) mass is 388 g/mol. The zero-order valence-corrected chi connectivity index (χ0v) is 16.3. The average molecular weight is 388 g/mol. The predicted octanol–water partition coefficient (Wildman–Crippen LogP) is 3.99. The minimum Gasteiger partial charge on any atom is -0.497 e. The zero-order chi connectivity index (χ0) is 20.6. The van der Waals surface area contributed by atoms with Crippen LogP contribution in [0.2, 0.25) is 0 Å². The molecule has 1 aliphatic heterocycles. The van der Waals surface area contributed by atoms with Crippen molar-refractivity contribution in [2.75, 3.05) is 14.2 Å². The van der Waals surface area contributed by atoms with Crippen LogP contribution >= 0.6 is 0 Å². The number of ether oxygens (including phenoxy) is 2. The van der Waals surface area contributed by atoms with E-state index in [2.05, 4.69) is 0 Å². The molecule has 2 rings (SSSR count). The highest BCUT2D eigenvalue weighted by Crippen LogP contribution is 2.43. The molecule has 27 heavy (non-hydrogen) atoms. The molecule has 0 radical (unpaired) electrons. The summed E-state index contributed by atoms with van der Waals surface area (Å²) in [6, 6.07) is 3.35. The van der Waals surface area contributed by atoms with E-state index in [1.807, 2.05) is 27.7 Å². The second-order valence-electron chi connectivity index (χ2n) is 7.50. The summed E-state index contributed by atoms with van der Waals surface area (Å²) in [5.74, 6) is -1.34. The first kappa shape index (κ1) is 21.6. The molecule has 5 nitrogen and oxygen atoms in total. The maximum Gasteiger partial charge on any atom is 0.466 e. The van der Waals surface area contributed by atoms with Crippen molar-refractivity contribution in [3.63, 3.8) is 0 Å². The largest absolute Gasteiger partial charge is 0.497 e. The molecule has 9 heteroatoms. The lowest BCUT2D eigenvalue weighted by Gasteiger charge is -2.32. The SMILES string of the molecule is COC(=O)CC(B1OC(C)(C)C(C)(C)O1)c1cc(OC)cc(C(F)(F)F)c1. The molecule has 0 saturated carbocycles. The highest BCUT2D eigenvalue weighted by Gasteiger charge is 2.54. The molecule has 0 aliphatic carbocycles. The van der Waals surface area contributed by atoms with Gasteiger partial charge in [-0.25, -0.2) is 0 Å². The number of methoxy groups -OCH3 is 2. The van der Waals surface area contributed by atoms with Crippen LogP contribution in [0.3, 0.4) is 0 Å². The molecule has 0 amide bonds. The minimum atomic E-state index is -4.56. The lowest BCUT2D eigenvalue weighted by Crippen LogP contribution is -2.41. The van der Waals surface area contributed by atoms with Crippen LogP contribution in [0.1, 0.15) is 51.1 Å². The summed E-state index contributed by atoms with van der Waals surface area (Å²) >= 11 is 0. The molecule has 1 heterocycles. The number of carbonyl (C=O) groups excluding carboxylic acids is 1. The van der Waals surface area contributed by atoms with Crippen LogP contribution in [-0.2, 0) is 25.0 Å². The van der Waals surface area contributed by atoms with E-state index >= 15 is 0 Å². The van der Waals surface area contributed by atoms with Gasteiger partial charge in [-0.2, -0.15) is 13.2 Å². The van der Waals surface area contributed by atoms with E-state index in [-0.39, 0.29) is 17.7 Å². The van der Waals surface area contributed by atoms with E-state index < -0.39 is 41.8 Å². The summed E-state index contributed by atoms with van der Waals surface area (Å²) in [5.41, 5.74) is -2.04. The molecule has 1 unspecified atom stereocenters. The maximum absolute atomic E-state index is 13.3. The van der Waals surface area contributed by atoms with Gasteiger partial charge >= 0.3 is 19.3 Å². The fourth-order valence-electron chi connectivity index (χ4n) is 2.80. The van der Waals surface area contributed by atoms with Crippen molar-refractivity contribution in [1.29, 1.82) is 0 Å². The maximum atomic E-state index is 13.3. The number of halogens is 3. The summed E-state index contributed by atoms with van der Waals surface area (Å²) in [7, 11) is 1.59. The summed E-state index contributed by atoms with van der Waals surface area (Å²) in [5, 5.41) is 0. The fourth-order valence-corrected chi connectivity index (χ4v) is 2.80. The topological polar surface area (TPSA) is 54.0 Å². The number of esters is 1. The Morgan fingerprint density at radius 1 is 1.11 bits per heavy atom. The van der Waals surface area contributed by atoms with Gasteiger partial charge in [-0.3, -0.25) is 4.79 Å². The van der Waals surface area contributed by atoms with Gasteiger partial charge in [-0.15, -0.1) is 0 Å². The van der Waals surface area contributed by atoms with Crippen molar-refractivity contribution < 1.29 is 36.7 Å². The number of alkyl halides is 3. The van der Waals surface area contributed by atoms with Gasteiger partial charge in [0.25, 0.3) is 0 Å². The number of carbonyl (C=O) groups is 1. The molecular weight excluding hydrogens is 364 g/mol. The van der Waals surface area contributed by atoms with Crippen molar-refractivity contribution in [2.45, 2.75) is 57.3 Å². The molecule has 1 aromatic rings. The van der Waals surface area contributed by atoms with Gasteiger partial charge in [-0.05, 0) is 51.5 Å². The number of rotatable bonds is 5. The van der Waals surface area contributed by atoms with E-state index in [0.717, 1.165) is 12.1 Å². The third-order valence-electron chi connectivity index (χ3n) is 5.13. The molecule has 1 saturated heterocycles. The van der Waals surface area contributed by atoms with Crippen LogP contribution in [0, 0.1) is 0 Å². The first-order valence-electron chi connectivity index (χ1n) is 8.49. The molecule has 0 aromatic heterocycles. The van der Waals surface area contributed by atoms with Crippen molar-refractivity contribution in [2.24, 2.45) is 0 Å². The summed E-state index contributed by atoms with van der Waals surface area (Å²) in [6.07, 6.45) is -4.76. The molecule has 1 aliphatic rings. The standard InChI is InChI=1S/C18H24BF3O5/c1-16(2)17(3,4)27-19(26-16)14(10-15(23)25-6)11-7-12(18(20,21)22)9-13(8-11)24-5/h7-9,14H,10H2,1-6H3. The summed E-state index contributed by atoms with van der Waals surface area (Å²) in [4.78, 5) is 11.9. The molecule has 1 fully saturated rings. The molecule has 1 aromatic carbocycles. The van der Waals surface area contributed by atoms with Gasteiger partial charge in [0.1, 0.15) is 5.75 Å². The van der Waals surface area contributed by atoms with E-state index in [0.29, 0.717) is 0 Å². The Labute approximate surface area is 157 Å². The zero-order valence-electron chi connectivity index (χ0n) is 16.3. The van der Waals surface area contributed by atoms with Gasteiger partial charge in [0.05, 0.1) is 37.4 Å². The third kappa shape index (κ3) is 4.58. The smallest absolute Gasteiger partial charge is 0.466 e. The highest BCUT2D eigenvalue weighted by molar-refractivity contribution is 6.48. The van der Waals surface area contributed by atoms with E-state index in [4.69, 9.17) is 18.8 Å². The number of hydrogen-bond acceptors (Lipinski definition) is 5. The Balaban J connectivity index is 2.51. The first-order chi connectivity index (χ1) is 12.3. The van der Waals surface area contributed by atoms with Crippen LogP contribution in [0.15, 0.2) is 18.2 Å². The lowest BCUT2D eigenvalue weighted by atomic mass is 9.66. The summed E-state index contributed by atoms with van der Waals surface area (Å²) < 4.78 is 61.6. The van der Waals surface area contributed by atoms with E-state index in [1.165, 1.54) is 20.3 Å². The average Bonchev–Trinajstić information content (AvgIpc) is 2.78. The van der Waals surface area contributed by atoms with Gasteiger partial charge in [-0.1, -0.05) is 0 Å². The minimum absolute atomic E-state index is 0.0335. The highest BCUT2D eigenvalue weighted by atomic mass is 19.4. The molecule has 150 valence electrons. The first-order valence-corrected chi connectivity index (χ1v) is 8.49. The third-order valence-corrected chi connectivity index (χ3v) is 5.13. The van der Waals surface area contributed by atoms with Crippen molar-refractivity contribution in [3.05, 3.63) is 29.3 Å². The van der Waals surface area contributed by atoms with Crippen LogP contribution in [-0.4, -0.2) is 38.5 Å². The van der Waals surface area contributed by atoms with Gasteiger partial charge < -0.3 is 18.8 Å². The number of hydrogen-bond donors (Lipinski definition) is 0. The molecule has 1 atom stereocenters. The number of benzene rings is 1. The van der Waals surface area contributed by atoms with Crippen LogP contribution in [0.5, 0.6) is 5.75 Å². The molecule has 0 bridgehead atoms. The Kier molecular flexibility index (Phi) is 5.87. The van der Waals surface area contributed by atoms with Gasteiger partial charge in [0, 0.05) is 5.82 Å². The summed E-state index contributed by atoms with van der Waals surface area (Å²) in [6.45, 7) is 7.31. The quantitative estimate of drug-likeness (QED) is 0.564. The fraction of sp³-hybridized carbons (Fsp3) is 0.611. The predicted molar refractivity (Wildman–Crippen MR) is 93.5 cm³/mol. The molecular formula is C18H24BF3O5. The van der Waals surface area contributed by atoms with Crippen molar-refractivity contribution >= 4 is 13.1 Å². The second-order valence-corrected chi connectivity index (χ2v) is 7.50. The molecule has 0 spiro atoms. The second kappa shape index (κ2) is 7.35. The molecule has 0 N–H and O–H groups in total. The van der Waals surface area contributed by atoms with Crippen molar-refractivity contribution in [3.8, 4) is 5.75 Å². The lowest BCUT2D eigenvalue weighted by molar-refractivity contribution is -0.140. The normalized spacial score (nSPS) is 19.7. The van der Waals surface area contributed by atoms with Crippen LogP contribution in [0.25, 0.3) is 0 Å². The Morgan fingerprint density at radius 3 is 2.11 bits per heavy atom. The van der Waals surface area contributed by atoms with E-state index in [1.54, 1.807) is 0 Å². The van der Waals surface area contributed by atoms with E-state index in [9.17, 15) is 18.0 Å². The van der Waals surface area contributed by atoms with Crippen molar-refractivity contribution in [1.82, 2.24) is 0 Å². The Bertz CT molecular complexity index is 687. The van der Waals surface area contributed by atoms with Crippen LogP contribution in [0.4, 0.5) is 13.2 Å².